The molecule has 0 aliphatic rings. The fourth-order valence-electron chi connectivity index (χ4n) is 1.88. The molecule has 0 bridgehead atoms. The van der Waals surface area contributed by atoms with Crippen molar-refractivity contribution in [3.05, 3.63) is 60.2 Å². The summed E-state index contributed by atoms with van der Waals surface area (Å²) < 4.78 is 10.7. The van der Waals surface area contributed by atoms with Crippen molar-refractivity contribution in [2.75, 3.05) is 7.11 Å². The summed E-state index contributed by atoms with van der Waals surface area (Å²) in [7, 11) is 1.52. The maximum absolute atomic E-state index is 11.3. The summed E-state index contributed by atoms with van der Waals surface area (Å²) in [4.78, 5) is 11.3. The second-order valence-corrected chi connectivity index (χ2v) is 4.29. The molecule has 2 aromatic carbocycles. The molecule has 2 rings (SSSR count). The molecule has 0 amide bonds. The number of aliphatic carboxylic acids is 1. The lowest BCUT2D eigenvalue weighted by atomic mass is 10.1. The second kappa shape index (κ2) is 6.61. The van der Waals surface area contributed by atoms with Gasteiger partial charge in [-0.1, -0.05) is 42.5 Å². The van der Waals surface area contributed by atoms with E-state index in [2.05, 4.69) is 0 Å². The largest absolute Gasteiger partial charge is 0.493 e. The van der Waals surface area contributed by atoms with Crippen LogP contribution in [-0.4, -0.2) is 24.3 Å². The summed E-state index contributed by atoms with van der Waals surface area (Å²) in [6, 6.07) is 16.4. The van der Waals surface area contributed by atoms with Crippen LogP contribution in [-0.2, 0) is 11.2 Å². The summed E-state index contributed by atoms with van der Waals surface area (Å²) in [5.41, 5.74) is 0.912. The first-order valence-corrected chi connectivity index (χ1v) is 6.27. The first-order chi connectivity index (χ1) is 9.70. The molecule has 0 fully saturated rings. The van der Waals surface area contributed by atoms with Gasteiger partial charge in [0, 0.05) is 6.42 Å². The number of carbonyl (C=O) groups is 1. The highest BCUT2D eigenvalue weighted by atomic mass is 16.5. The summed E-state index contributed by atoms with van der Waals surface area (Å²) >= 11 is 0. The lowest BCUT2D eigenvalue weighted by Crippen LogP contribution is -2.29. The Morgan fingerprint density at radius 1 is 1.05 bits per heavy atom. The quantitative estimate of drug-likeness (QED) is 0.878. The molecule has 0 unspecified atom stereocenters. The maximum atomic E-state index is 11.3. The van der Waals surface area contributed by atoms with Crippen molar-refractivity contribution in [2.24, 2.45) is 0 Å². The molecule has 0 aliphatic carbocycles. The number of carboxylic acid groups (broad SMARTS) is 1. The van der Waals surface area contributed by atoms with E-state index in [1.54, 1.807) is 24.3 Å². The van der Waals surface area contributed by atoms with E-state index in [0.717, 1.165) is 5.56 Å². The Morgan fingerprint density at radius 2 is 1.65 bits per heavy atom. The highest BCUT2D eigenvalue weighted by Gasteiger charge is 2.21. The smallest absolute Gasteiger partial charge is 0.345 e. The molecule has 4 heteroatoms. The van der Waals surface area contributed by atoms with Gasteiger partial charge in [0.15, 0.2) is 17.6 Å². The number of carboxylic acids is 1. The predicted molar refractivity (Wildman–Crippen MR) is 75.2 cm³/mol. The van der Waals surface area contributed by atoms with E-state index in [9.17, 15) is 9.90 Å². The Bertz CT molecular complexity index is 566. The monoisotopic (exact) mass is 272 g/mol. The third-order valence-electron chi connectivity index (χ3n) is 2.88. The van der Waals surface area contributed by atoms with Crippen molar-refractivity contribution in [3.8, 4) is 11.5 Å². The molecule has 0 saturated heterocycles. The van der Waals surface area contributed by atoms with Crippen molar-refractivity contribution in [3.63, 3.8) is 0 Å². The zero-order valence-corrected chi connectivity index (χ0v) is 11.2. The first-order valence-electron chi connectivity index (χ1n) is 6.27. The average molecular weight is 272 g/mol. The molecule has 20 heavy (non-hydrogen) atoms. The summed E-state index contributed by atoms with van der Waals surface area (Å²) in [5, 5.41) is 9.29. The van der Waals surface area contributed by atoms with Crippen LogP contribution in [0.5, 0.6) is 11.5 Å². The Morgan fingerprint density at radius 3 is 2.25 bits per heavy atom. The molecule has 0 saturated carbocycles. The molecule has 1 N–H and O–H groups in total. The van der Waals surface area contributed by atoms with Gasteiger partial charge in [-0.25, -0.2) is 4.79 Å². The van der Waals surface area contributed by atoms with Crippen molar-refractivity contribution >= 4 is 5.97 Å². The van der Waals surface area contributed by atoms with Gasteiger partial charge in [-0.3, -0.25) is 0 Å². The molecule has 0 radical (unpaired) electrons. The number of ether oxygens (including phenoxy) is 2. The van der Waals surface area contributed by atoms with E-state index in [-0.39, 0.29) is 0 Å². The predicted octanol–water partition coefficient (Wildman–Crippen LogP) is 2.77. The van der Waals surface area contributed by atoms with Gasteiger partial charge in [-0.15, -0.1) is 0 Å². The fourth-order valence-corrected chi connectivity index (χ4v) is 1.88. The minimum absolute atomic E-state index is 0.300. The van der Waals surface area contributed by atoms with Gasteiger partial charge in [0.25, 0.3) is 0 Å². The standard InChI is InChI=1S/C16H16O4/c1-19-13-9-5-6-10-14(13)20-15(16(17)18)11-12-7-3-2-4-8-12/h2-10,15H,11H2,1H3,(H,17,18)/t15-/m0/s1. The van der Waals surface area contributed by atoms with Crippen molar-refractivity contribution in [1.29, 1.82) is 0 Å². The van der Waals surface area contributed by atoms with E-state index in [1.165, 1.54) is 7.11 Å². The lowest BCUT2D eigenvalue weighted by Gasteiger charge is -2.17. The fraction of sp³-hybridized carbons (Fsp3) is 0.188. The zero-order chi connectivity index (χ0) is 14.4. The minimum atomic E-state index is -1.00. The highest BCUT2D eigenvalue weighted by Crippen LogP contribution is 2.27. The Balaban J connectivity index is 2.16. The number of benzene rings is 2. The molecule has 2 aromatic rings. The summed E-state index contributed by atoms with van der Waals surface area (Å²) in [5.74, 6) is -0.0510. The molecule has 0 spiro atoms. The molecular formula is C16H16O4. The average Bonchev–Trinajstić information content (AvgIpc) is 2.48. The van der Waals surface area contributed by atoms with Crippen LogP contribution >= 0.6 is 0 Å². The number of rotatable bonds is 6. The third-order valence-corrected chi connectivity index (χ3v) is 2.88. The maximum Gasteiger partial charge on any atom is 0.345 e. The lowest BCUT2D eigenvalue weighted by molar-refractivity contribution is -0.145. The van der Waals surface area contributed by atoms with Crippen LogP contribution in [0.4, 0.5) is 0 Å². The van der Waals surface area contributed by atoms with Crippen LogP contribution in [0.2, 0.25) is 0 Å². The topological polar surface area (TPSA) is 55.8 Å². The van der Waals surface area contributed by atoms with Gasteiger partial charge < -0.3 is 14.6 Å². The molecule has 0 heterocycles. The number of methoxy groups -OCH3 is 1. The van der Waals surface area contributed by atoms with Gasteiger partial charge in [0.05, 0.1) is 7.11 Å². The molecule has 104 valence electrons. The molecule has 4 nitrogen and oxygen atoms in total. The number of hydrogen-bond donors (Lipinski definition) is 1. The Kier molecular flexibility index (Phi) is 4.60. The minimum Gasteiger partial charge on any atom is -0.493 e. The zero-order valence-electron chi connectivity index (χ0n) is 11.2. The van der Waals surface area contributed by atoms with E-state index in [0.29, 0.717) is 17.9 Å². The third kappa shape index (κ3) is 3.51. The van der Waals surface area contributed by atoms with Crippen LogP contribution in [0.25, 0.3) is 0 Å². The van der Waals surface area contributed by atoms with Crippen LogP contribution in [0.1, 0.15) is 5.56 Å². The second-order valence-electron chi connectivity index (χ2n) is 4.29. The number of hydrogen-bond acceptors (Lipinski definition) is 3. The van der Waals surface area contributed by atoms with Crippen LogP contribution in [0.3, 0.4) is 0 Å². The van der Waals surface area contributed by atoms with Crippen LogP contribution in [0.15, 0.2) is 54.6 Å². The van der Waals surface area contributed by atoms with Gasteiger partial charge in [-0.05, 0) is 17.7 Å². The SMILES string of the molecule is COc1ccccc1O[C@@H](Cc1ccccc1)C(=O)O. The van der Waals surface area contributed by atoms with Crippen LogP contribution in [0, 0.1) is 0 Å². The molecular weight excluding hydrogens is 256 g/mol. The van der Waals surface area contributed by atoms with E-state index >= 15 is 0 Å². The van der Waals surface area contributed by atoms with Crippen molar-refractivity contribution < 1.29 is 19.4 Å². The Hall–Kier alpha value is -2.49. The molecule has 0 aliphatic heterocycles. The van der Waals surface area contributed by atoms with Crippen molar-refractivity contribution in [2.45, 2.75) is 12.5 Å². The van der Waals surface area contributed by atoms with E-state index in [4.69, 9.17) is 9.47 Å². The van der Waals surface area contributed by atoms with E-state index in [1.807, 2.05) is 30.3 Å². The van der Waals surface area contributed by atoms with Crippen molar-refractivity contribution in [1.82, 2.24) is 0 Å². The van der Waals surface area contributed by atoms with Gasteiger partial charge in [0.2, 0.25) is 0 Å². The highest BCUT2D eigenvalue weighted by molar-refractivity contribution is 5.73. The molecule has 1 atom stereocenters. The Labute approximate surface area is 117 Å². The summed E-state index contributed by atoms with van der Waals surface area (Å²) in [6.45, 7) is 0. The summed E-state index contributed by atoms with van der Waals surface area (Å²) in [6.07, 6.45) is -0.650. The molecule has 0 aromatic heterocycles. The first kappa shape index (κ1) is 13.9. The van der Waals surface area contributed by atoms with Gasteiger partial charge in [0.1, 0.15) is 0 Å². The normalized spacial score (nSPS) is 11.7. The number of para-hydroxylation sites is 2. The van der Waals surface area contributed by atoms with E-state index < -0.39 is 12.1 Å². The van der Waals surface area contributed by atoms with Gasteiger partial charge >= 0.3 is 5.97 Å². The van der Waals surface area contributed by atoms with Gasteiger partial charge in [-0.2, -0.15) is 0 Å². The van der Waals surface area contributed by atoms with Crippen LogP contribution < -0.4 is 9.47 Å².